The molecule has 1 aromatic carbocycles. The van der Waals surface area contributed by atoms with E-state index < -0.39 is 12.0 Å². The van der Waals surface area contributed by atoms with Crippen molar-refractivity contribution < 1.29 is 19.1 Å². The molecule has 1 N–H and O–H groups in total. The fourth-order valence-electron chi connectivity index (χ4n) is 4.47. The molecule has 0 radical (unpaired) electrons. The zero-order valence-electron chi connectivity index (χ0n) is 19.7. The molecule has 0 saturated carbocycles. The molecule has 1 atom stereocenters. The predicted octanol–water partition coefficient (Wildman–Crippen LogP) is 2.37. The van der Waals surface area contributed by atoms with E-state index in [0.29, 0.717) is 50.5 Å². The molecule has 2 aliphatic heterocycles. The number of nitrogens with one attached hydrogen (secondary N) is 1. The minimum Gasteiger partial charge on any atom is -0.463 e. The van der Waals surface area contributed by atoms with Crippen molar-refractivity contribution >= 4 is 17.9 Å². The van der Waals surface area contributed by atoms with Gasteiger partial charge in [-0.25, -0.2) is 9.59 Å². The van der Waals surface area contributed by atoms with Crippen LogP contribution in [-0.4, -0.2) is 78.5 Å². The quantitative estimate of drug-likeness (QED) is 0.684. The molecule has 0 spiro atoms. The van der Waals surface area contributed by atoms with Crippen LogP contribution in [0.3, 0.4) is 0 Å². The first-order valence-electron chi connectivity index (χ1n) is 11.3. The largest absolute Gasteiger partial charge is 0.463 e. The van der Waals surface area contributed by atoms with Gasteiger partial charge >= 0.3 is 12.0 Å². The fraction of sp³-hybridized carbons (Fsp3) is 0.542. The smallest absolute Gasteiger partial charge is 0.338 e. The molecule has 32 heavy (non-hydrogen) atoms. The molecule has 0 aliphatic carbocycles. The number of piperazine rings is 1. The first-order valence-corrected chi connectivity index (χ1v) is 11.3. The Morgan fingerprint density at radius 1 is 1.12 bits per heavy atom. The summed E-state index contributed by atoms with van der Waals surface area (Å²) in [6.07, 6.45) is 0. The lowest BCUT2D eigenvalue weighted by Gasteiger charge is -2.40. The number of hydrogen-bond acceptors (Lipinski definition) is 5. The molecule has 2 heterocycles. The summed E-state index contributed by atoms with van der Waals surface area (Å²) in [5.74, 6) is -0.341. The van der Waals surface area contributed by atoms with Crippen LogP contribution in [0.15, 0.2) is 29.5 Å². The second-order valence-corrected chi connectivity index (χ2v) is 8.35. The third-order valence-corrected chi connectivity index (χ3v) is 6.18. The van der Waals surface area contributed by atoms with Crippen LogP contribution in [0.1, 0.15) is 43.5 Å². The van der Waals surface area contributed by atoms with Gasteiger partial charge in [0.2, 0.25) is 5.91 Å². The summed E-state index contributed by atoms with van der Waals surface area (Å²) >= 11 is 0. The highest BCUT2D eigenvalue weighted by Gasteiger charge is 2.39. The van der Waals surface area contributed by atoms with Gasteiger partial charge in [-0.15, -0.1) is 0 Å². The Bertz CT molecular complexity index is 919. The molecule has 3 amide bonds. The molecule has 1 saturated heterocycles. The Labute approximate surface area is 190 Å². The van der Waals surface area contributed by atoms with Gasteiger partial charge in [-0.05, 0) is 38.8 Å². The second kappa shape index (κ2) is 10.2. The number of aryl methyl sites for hydroxylation is 2. The van der Waals surface area contributed by atoms with Crippen LogP contribution >= 0.6 is 0 Å². The van der Waals surface area contributed by atoms with E-state index in [4.69, 9.17) is 4.74 Å². The summed E-state index contributed by atoms with van der Waals surface area (Å²) in [6, 6.07) is 5.22. The SMILES string of the molecule is CCOC(=O)C1=C(CN2CCN(C(C)=O)CC2)N(CC)C(=O)NC1c1ccc(C)cc1C. The number of urea groups is 1. The summed E-state index contributed by atoms with van der Waals surface area (Å²) in [4.78, 5) is 43.6. The first kappa shape index (κ1) is 23.8. The number of benzene rings is 1. The number of ether oxygens (including phenoxy) is 1. The van der Waals surface area contributed by atoms with Crippen LogP contribution in [0, 0.1) is 13.8 Å². The summed E-state index contributed by atoms with van der Waals surface area (Å²) in [6.45, 7) is 13.1. The van der Waals surface area contributed by atoms with Gasteiger partial charge in [0.05, 0.1) is 18.2 Å². The number of amides is 3. The Morgan fingerprint density at radius 2 is 1.81 bits per heavy atom. The molecule has 1 aromatic rings. The van der Waals surface area contributed by atoms with Crippen LogP contribution < -0.4 is 5.32 Å². The maximum atomic E-state index is 13.2. The van der Waals surface area contributed by atoms with Crippen LogP contribution in [0.5, 0.6) is 0 Å². The number of carbonyl (C=O) groups is 3. The topological polar surface area (TPSA) is 82.2 Å². The van der Waals surface area contributed by atoms with Crippen molar-refractivity contribution in [2.45, 2.75) is 40.7 Å². The van der Waals surface area contributed by atoms with E-state index in [-0.39, 0.29) is 18.5 Å². The van der Waals surface area contributed by atoms with Gasteiger partial charge in [-0.3, -0.25) is 14.6 Å². The third-order valence-electron chi connectivity index (χ3n) is 6.18. The van der Waals surface area contributed by atoms with E-state index in [9.17, 15) is 14.4 Å². The van der Waals surface area contributed by atoms with Crippen molar-refractivity contribution in [2.24, 2.45) is 0 Å². The maximum Gasteiger partial charge on any atom is 0.338 e. The average Bonchev–Trinajstić information content (AvgIpc) is 2.74. The minimum atomic E-state index is -0.571. The van der Waals surface area contributed by atoms with E-state index in [2.05, 4.69) is 16.3 Å². The van der Waals surface area contributed by atoms with Crippen molar-refractivity contribution in [3.63, 3.8) is 0 Å². The Balaban J connectivity index is 2.03. The van der Waals surface area contributed by atoms with E-state index in [1.165, 1.54) is 0 Å². The number of likely N-dealkylation sites (N-methyl/N-ethyl adjacent to an activating group) is 1. The summed E-state index contributed by atoms with van der Waals surface area (Å²) in [5, 5.41) is 3.03. The van der Waals surface area contributed by atoms with Gasteiger partial charge in [-0.2, -0.15) is 0 Å². The number of esters is 1. The standard InChI is InChI=1S/C24H34N4O4/c1-6-28-20(15-26-10-12-27(13-11-26)18(5)29)21(23(30)32-7-2)22(25-24(28)31)19-9-8-16(3)14-17(19)4/h8-9,14,22H,6-7,10-13,15H2,1-5H3,(H,25,31). The lowest BCUT2D eigenvalue weighted by atomic mass is 9.90. The van der Waals surface area contributed by atoms with Crippen LogP contribution in [-0.2, 0) is 14.3 Å². The second-order valence-electron chi connectivity index (χ2n) is 8.35. The average molecular weight is 443 g/mol. The van der Waals surface area contributed by atoms with Crippen molar-refractivity contribution in [1.29, 1.82) is 0 Å². The molecule has 0 bridgehead atoms. The van der Waals surface area contributed by atoms with Crippen molar-refractivity contribution in [3.05, 3.63) is 46.2 Å². The van der Waals surface area contributed by atoms with E-state index in [1.54, 1.807) is 18.7 Å². The fourth-order valence-corrected chi connectivity index (χ4v) is 4.47. The molecule has 0 aromatic heterocycles. The molecule has 3 rings (SSSR count). The van der Waals surface area contributed by atoms with Crippen LogP contribution in [0.2, 0.25) is 0 Å². The lowest BCUT2D eigenvalue weighted by molar-refractivity contribution is -0.139. The Hall–Kier alpha value is -2.87. The summed E-state index contributed by atoms with van der Waals surface area (Å²) in [7, 11) is 0. The third kappa shape index (κ3) is 4.96. The number of carbonyl (C=O) groups excluding carboxylic acids is 3. The van der Waals surface area contributed by atoms with Gasteiger partial charge in [0, 0.05) is 51.9 Å². The van der Waals surface area contributed by atoms with Gasteiger partial charge in [-0.1, -0.05) is 23.8 Å². The lowest BCUT2D eigenvalue weighted by Crippen LogP contribution is -2.53. The van der Waals surface area contributed by atoms with Crippen molar-refractivity contribution in [2.75, 3.05) is 45.9 Å². The van der Waals surface area contributed by atoms with Crippen LogP contribution in [0.4, 0.5) is 4.79 Å². The molecule has 8 nitrogen and oxygen atoms in total. The van der Waals surface area contributed by atoms with Gasteiger partial charge in [0.15, 0.2) is 0 Å². The number of hydrogen-bond donors (Lipinski definition) is 1. The van der Waals surface area contributed by atoms with Gasteiger partial charge in [0.1, 0.15) is 0 Å². The highest BCUT2D eigenvalue weighted by molar-refractivity contribution is 5.95. The number of rotatable bonds is 6. The summed E-state index contributed by atoms with van der Waals surface area (Å²) in [5.41, 5.74) is 4.18. The van der Waals surface area contributed by atoms with Gasteiger partial charge in [0.25, 0.3) is 0 Å². The maximum absolute atomic E-state index is 13.2. The van der Waals surface area contributed by atoms with E-state index >= 15 is 0 Å². The Morgan fingerprint density at radius 3 is 2.38 bits per heavy atom. The normalized spacial score (nSPS) is 19.8. The van der Waals surface area contributed by atoms with Crippen molar-refractivity contribution in [1.82, 2.24) is 20.0 Å². The zero-order chi connectivity index (χ0) is 23.4. The van der Waals surface area contributed by atoms with E-state index in [1.807, 2.05) is 37.8 Å². The Kier molecular flexibility index (Phi) is 7.56. The van der Waals surface area contributed by atoms with Crippen molar-refractivity contribution in [3.8, 4) is 0 Å². The summed E-state index contributed by atoms with van der Waals surface area (Å²) < 4.78 is 5.45. The van der Waals surface area contributed by atoms with E-state index in [0.717, 1.165) is 16.7 Å². The molecule has 8 heteroatoms. The van der Waals surface area contributed by atoms with Crippen LogP contribution in [0.25, 0.3) is 0 Å². The highest BCUT2D eigenvalue weighted by Crippen LogP contribution is 2.34. The predicted molar refractivity (Wildman–Crippen MR) is 122 cm³/mol. The molecular formula is C24H34N4O4. The molecule has 174 valence electrons. The number of nitrogens with zero attached hydrogens (tertiary/aromatic N) is 3. The first-order chi connectivity index (χ1) is 15.3. The molecule has 2 aliphatic rings. The monoisotopic (exact) mass is 442 g/mol. The van der Waals surface area contributed by atoms with Gasteiger partial charge < -0.3 is 15.0 Å². The highest BCUT2D eigenvalue weighted by atomic mass is 16.5. The molecule has 1 fully saturated rings. The minimum absolute atomic E-state index is 0.0678. The molecule has 1 unspecified atom stereocenters. The zero-order valence-corrected chi connectivity index (χ0v) is 19.7. The molecular weight excluding hydrogens is 408 g/mol.